The minimum absolute atomic E-state index is 0.0590. The van der Waals surface area contributed by atoms with Gasteiger partial charge in [-0.1, -0.05) is 25.1 Å². The monoisotopic (exact) mass is 455 g/mol. The first-order valence-electron chi connectivity index (χ1n) is 10.2. The lowest BCUT2D eigenvalue weighted by Gasteiger charge is -2.24. The lowest BCUT2D eigenvalue weighted by atomic mass is 9.88. The maximum absolute atomic E-state index is 13.9. The molecular formula is C24H22FNO5S. The van der Waals surface area contributed by atoms with Crippen molar-refractivity contribution in [3.05, 3.63) is 63.6 Å². The highest BCUT2D eigenvalue weighted by molar-refractivity contribution is 7.15. The second kappa shape index (κ2) is 9.00. The normalized spacial score (nSPS) is 15.1. The van der Waals surface area contributed by atoms with E-state index in [-0.39, 0.29) is 23.1 Å². The van der Waals surface area contributed by atoms with Crippen molar-refractivity contribution >= 4 is 28.9 Å². The van der Waals surface area contributed by atoms with Crippen LogP contribution in [-0.2, 0) is 4.79 Å². The van der Waals surface area contributed by atoms with E-state index in [1.807, 2.05) is 19.1 Å². The Morgan fingerprint density at radius 1 is 1.25 bits per heavy atom. The molecule has 2 heterocycles. The molecule has 3 aromatic rings. The molecule has 0 spiro atoms. The van der Waals surface area contributed by atoms with Crippen molar-refractivity contribution in [2.24, 2.45) is 0 Å². The van der Waals surface area contributed by atoms with Gasteiger partial charge >= 0.3 is 5.97 Å². The second-order valence-corrected chi connectivity index (χ2v) is 8.48. The number of carbonyl (C=O) groups is 2. The minimum atomic E-state index is -1.13. The average molecular weight is 456 g/mol. The number of nitrogens with one attached hydrogen (secondary N) is 1. The van der Waals surface area contributed by atoms with E-state index in [0.717, 1.165) is 23.3 Å². The number of hydrogen-bond acceptors (Lipinski definition) is 5. The van der Waals surface area contributed by atoms with Crippen LogP contribution in [0.1, 0.15) is 45.8 Å². The summed E-state index contributed by atoms with van der Waals surface area (Å²) in [6, 6.07) is 11.2. The molecule has 1 aromatic heterocycles. The van der Waals surface area contributed by atoms with E-state index in [1.54, 1.807) is 19.2 Å². The zero-order valence-corrected chi connectivity index (χ0v) is 18.4. The predicted molar refractivity (Wildman–Crippen MR) is 121 cm³/mol. The van der Waals surface area contributed by atoms with Gasteiger partial charge in [0.05, 0.1) is 19.4 Å². The number of rotatable bonds is 7. The van der Waals surface area contributed by atoms with E-state index < -0.39 is 11.8 Å². The van der Waals surface area contributed by atoms with Gasteiger partial charge in [0, 0.05) is 22.8 Å². The molecule has 2 N–H and O–H groups in total. The third-order valence-corrected chi connectivity index (χ3v) is 6.56. The Bertz CT molecular complexity index is 1190. The zero-order chi connectivity index (χ0) is 22.8. The average Bonchev–Trinajstić information content (AvgIpc) is 3.16. The Balaban J connectivity index is 1.87. The van der Waals surface area contributed by atoms with Crippen LogP contribution < -0.4 is 14.8 Å². The third-order valence-electron chi connectivity index (χ3n) is 5.27. The fraction of sp³-hybridized carbons (Fsp3) is 0.250. The Hall–Kier alpha value is -3.39. The molecular weight excluding hydrogens is 433 g/mol. The third kappa shape index (κ3) is 4.05. The number of fused-ring (bicyclic) bond motifs is 1. The lowest BCUT2D eigenvalue weighted by molar-refractivity contribution is -0.116. The topological polar surface area (TPSA) is 84.9 Å². The molecule has 0 aliphatic carbocycles. The molecule has 0 bridgehead atoms. The summed E-state index contributed by atoms with van der Waals surface area (Å²) in [7, 11) is 1.56. The van der Waals surface area contributed by atoms with E-state index >= 15 is 0 Å². The molecule has 4 rings (SSSR count). The van der Waals surface area contributed by atoms with Gasteiger partial charge in [-0.3, -0.25) is 4.79 Å². The molecule has 8 heteroatoms. The highest BCUT2D eigenvalue weighted by Gasteiger charge is 2.35. The fourth-order valence-corrected chi connectivity index (χ4v) is 5.11. The van der Waals surface area contributed by atoms with Gasteiger partial charge in [-0.05, 0) is 41.8 Å². The summed E-state index contributed by atoms with van der Waals surface area (Å²) in [5.41, 5.74) is 1.97. The number of anilines is 1. The Kier molecular flexibility index (Phi) is 6.14. The maximum atomic E-state index is 13.9. The second-order valence-electron chi connectivity index (χ2n) is 7.42. The highest BCUT2D eigenvalue weighted by atomic mass is 32.1. The largest absolute Gasteiger partial charge is 0.493 e. The van der Waals surface area contributed by atoms with Gasteiger partial charge in [0.25, 0.3) is 0 Å². The molecule has 0 saturated carbocycles. The molecule has 1 aliphatic rings. The van der Waals surface area contributed by atoms with Crippen LogP contribution in [0.25, 0.3) is 11.1 Å². The quantitative estimate of drug-likeness (QED) is 0.490. The van der Waals surface area contributed by atoms with Crippen LogP contribution in [0.5, 0.6) is 11.5 Å². The molecule has 0 fully saturated rings. The van der Waals surface area contributed by atoms with E-state index in [4.69, 9.17) is 9.47 Å². The molecule has 1 amide bonds. The summed E-state index contributed by atoms with van der Waals surface area (Å²) in [6.07, 6.45) is 0.988. The molecule has 0 saturated heterocycles. The lowest BCUT2D eigenvalue weighted by Crippen LogP contribution is -2.22. The van der Waals surface area contributed by atoms with Crippen molar-refractivity contribution in [2.45, 2.75) is 25.7 Å². The highest BCUT2D eigenvalue weighted by Crippen LogP contribution is 2.50. The van der Waals surface area contributed by atoms with Crippen LogP contribution in [0, 0.1) is 5.82 Å². The number of aromatic carboxylic acids is 1. The van der Waals surface area contributed by atoms with Crippen molar-refractivity contribution in [3.63, 3.8) is 0 Å². The Morgan fingerprint density at radius 2 is 2.06 bits per heavy atom. The van der Waals surface area contributed by atoms with Gasteiger partial charge in [0.1, 0.15) is 10.7 Å². The van der Waals surface area contributed by atoms with E-state index in [0.29, 0.717) is 39.8 Å². The molecule has 6 nitrogen and oxygen atoms in total. The van der Waals surface area contributed by atoms with Gasteiger partial charge in [-0.15, -0.1) is 11.3 Å². The van der Waals surface area contributed by atoms with E-state index in [9.17, 15) is 19.1 Å². The van der Waals surface area contributed by atoms with E-state index in [2.05, 4.69) is 5.32 Å². The maximum Gasteiger partial charge on any atom is 0.346 e. The fourth-order valence-electron chi connectivity index (χ4n) is 3.86. The van der Waals surface area contributed by atoms with E-state index in [1.165, 1.54) is 18.2 Å². The van der Waals surface area contributed by atoms with Gasteiger partial charge in [0.15, 0.2) is 11.5 Å². The first-order valence-corrected chi connectivity index (χ1v) is 11.0. The first-order chi connectivity index (χ1) is 15.4. The number of hydrogen-bond donors (Lipinski definition) is 2. The number of halogens is 1. The summed E-state index contributed by atoms with van der Waals surface area (Å²) < 4.78 is 25.1. The van der Waals surface area contributed by atoms with Crippen molar-refractivity contribution < 1.29 is 28.6 Å². The number of ether oxygens (including phenoxy) is 2. The molecule has 166 valence electrons. The summed E-state index contributed by atoms with van der Waals surface area (Å²) in [4.78, 5) is 25.5. The summed E-state index contributed by atoms with van der Waals surface area (Å²) in [5, 5.41) is 12.7. The number of carboxylic acid groups (broad SMARTS) is 1. The number of thiophene rings is 1. The van der Waals surface area contributed by atoms with Crippen LogP contribution in [0.4, 0.5) is 10.1 Å². The Morgan fingerprint density at radius 3 is 2.75 bits per heavy atom. The smallest absolute Gasteiger partial charge is 0.346 e. The first kappa shape index (κ1) is 21.8. The van der Waals surface area contributed by atoms with Gasteiger partial charge in [-0.2, -0.15) is 0 Å². The van der Waals surface area contributed by atoms with Crippen LogP contribution in [-0.4, -0.2) is 30.7 Å². The summed E-state index contributed by atoms with van der Waals surface area (Å²) in [6.45, 7) is 2.52. The van der Waals surface area contributed by atoms with Crippen LogP contribution >= 0.6 is 11.3 Å². The molecule has 0 radical (unpaired) electrons. The van der Waals surface area contributed by atoms with Crippen LogP contribution in [0.2, 0.25) is 0 Å². The number of carboxylic acids is 1. The van der Waals surface area contributed by atoms with Gasteiger partial charge in [0.2, 0.25) is 5.91 Å². The molecule has 1 unspecified atom stereocenters. The number of benzene rings is 2. The van der Waals surface area contributed by atoms with Crippen LogP contribution in [0.3, 0.4) is 0 Å². The SMILES string of the molecule is CCCOc1cc(C2CC(=O)Nc3c2sc(C(=O)O)c3-c2cccc(F)c2)ccc1OC. The number of amides is 1. The minimum Gasteiger partial charge on any atom is -0.493 e. The molecule has 1 aliphatic heterocycles. The van der Waals surface area contributed by atoms with Gasteiger partial charge < -0.3 is 19.9 Å². The van der Waals surface area contributed by atoms with Crippen LogP contribution in [0.15, 0.2) is 42.5 Å². The predicted octanol–water partition coefficient (Wildman–Crippen LogP) is 5.52. The van der Waals surface area contributed by atoms with Crippen molar-refractivity contribution in [1.82, 2.24) is 0 Å². The van der Waals surface area contributed by atoms with Crippen molar-refractivity contribution in [2.75, 3.05) is 19.0 Å². The van der Waals surface area contributed by atoms with Gasteiger partial charge in [-0.25, -0.2) is 9.18 Å². The molecule has 32 heavy (non-hydrogen) atoms. The van der Waals surface area contributed by atoms with Crippen molar-refractivity contribution in [1.29, 1.82) is 0 Å². The number of methoxy groups -OCH3 is 1. The molecule has 2 aromatic carbocycles. The molecule has 1 atom stereocenters. The zero-order valence-electron chi connectivity index (χ0n) is 17.6. The Labute approximate surface area is 188 Å². The van der Waals surface area contributed by atoms with Crippen molar-refractivity contribution in [3.8, 4) is 22.6 Å². The number of carbonyl (C=O) groups excluding carboxylic acids is 1. The summed E-state index contributed by atoms with van der Waals surface area (Å²) in [5.74, 6) is -1.05. The standard InChI is InChI=1S/C24H22FNO5S/c1-3-9-31-18-11-13(7-8-17(18)30-2)16-12-19(27)26-21-20(14-5-4-6-15(25)10-14)23(24(28)29)32-22(16)21/h4-8,10-11,16H,3,9,12H2,1-2H3,(H,26,27)(H,28,29). The summed E-state index contributed by atoms with van der Waals surface area (Å²) >= 11 is 1.10.